The molecule has 0 saturated heterocycles. The summed E-state index contributed by atoms with van der Waals surface area (Å²) in [6, 6.07) is 38.4. The second kappa shape index (κ2) is 13.1. The number of nitriles is 1. The van der Waals surface area contributed by atoms with E-state index in [1.165, 1.54) is 0 Å². The Morgan fingerprint density at radius 2 is 0.818 bits per heavy atom. The number of rotatable bonds is 7. The van der Waals surface area contributed by atoms with Crippen molar-refractivity contribution in [2.24, 2.45) is 0 Å². The first kappa shape index (κ1) is 33.8. The third-order valence-electron chi connectivity index (χ3n) is 10.1. The third kappa shape index (κ3) is 5.72. The number of fused-ring (bicyclic) bond motifs is 6. The molecule has 0 aliphatic heterocycles. The molecule has 0 unspecified atom stereocenters. The van der Waals surface area contributed by atoms with Crippen LogP contribution in [0.4, 0.5) is 43.4 Å². The van der Waals surface area contributed by atoms with Crippen molar-refractivity contribution in [1.82, 2.24) is 9.13 Å². The third-order valence-corrected chi connectivity index (χ3v) is 10.1. The number of hydrogen-bond donors (Lipinski definition) is 0. The molecule has 0 spiro atoms. The van der Waals surface area contributed by atoms with Gasteiger partial charge in [0.1, 0.15) is 34.9 Å². The SMILES string of the molecule is N#Cc1ccc(N(c2ccc3c(c2)c2ccccc2n3Cc2c(F)cc(F)cc2F)c2ccc3c(c2)c2ccccc2n3Cc2c(F)cc(F)cc2F)cc1. The van der Waals surface area contributed by atoms with Crippen LogP contribution in [0.3, 0.4) is 0 Å². The number of para-hydroxylation sites is 2. The summed E-state index contributed by atoms with van der Waals surface area (Å²) in [7, 11) is 0. The predicted molar refractivity (Wildman–Crippen MR) is 203 cm³/mol. The standard InChI is InChI=1S/C45H26F6N4/c46-27-17-38(48)36(39(49)18-27)24-53-42-7-3-1-5-32(42)34-21-30(13-15-44(34)53)55(29-11-9-26(23-52)10-12-29)31-14-16-45-35(22-31)33-6-2-4-8-43(33)54(45)25-37-40(50)19-28(47)20-41(37)51/h1-22H,24-25H2. The predicted octanol–water partition coefficient (Wildman–Crippen LogP) is 12.2. The minimum Gasteiger partial charge on any atom is -0.336 e. The summed E-state index contributed by atoms with van der Waals surface area (Å²) in [5.41, 5.74) is 5.01. The normalized spacial score (nSPS) is 11.6. The molecule has 9 rings (SSSR count). The molecule has 7 aromatic carbocycles. The van der Waals surface area contributed by atoms with E-state index in [9.17, 15) is 31.6 Å². The molecule has 0 atom stereocenters. The maximum Gasteiger partial charge on any atom is 0.134 e. The van der Waals surface area contributed by atoms with E-state index in [1.807, 2.05) is 102 Å². The monoisotopic (exact) mass is 736 g/mol. The van der Waals surface area contributed by atoms with Crippen LogP contribution in [0.25, 0.3) is 43.6 Å². The largest absolute Gasteiger partial charge is 0.336 e. The van der Waals surface area contributed by atoms with Gasteiger partial charge in [0, 0.05) is 96.1 Å². The Labute approximate surface area is 309 Å². The smallest absolute Gasteiger partial charge is 0.134 e. The Morgan fingerprint density at radius 3 is 1.24 bits per heavy atom. The summed E-state index contributed by atoms with van der Waals surface area (Å²) in [6.07, 6.45) is 0. The lowest BCUT2D eigenvalue weighted by molar-refractivity contribution is 0.518. The molecule has 0 aliphatic rings. The molecule has 0 fully saturated rings. The van der Waals surface area contributed by atoms with Gasteiger partial charge in [-0.1, -0.05) is 36.4 Å². The number of benzene rings is 7. The van der Waals surface area contributed by atoms with Crippen molar-refractivity contribution in [3.8, 4) is 6.07 Å². The average molecular weight is 737 g/mol. The van der Waals surface area contributed by atoms with Crippen LogP contribution in [0.1, 0.15) is 16.7 Å². The first-order valence-electron chi connectivity index (χ1n) is 17.3. The van der Waals surface area contributed by atoms with E-state index in [1.54, 1.807) is 21.3 Å². The van der Waals surface area contributed by atoms with Crippen molar-refractivity contribution in [1.29, 1.82) is 5.26 Å². The van der Waals surface area contributed by atoms with Gasteiger partial charge in [0.15, 0.2) is 0 Å². The molecule has 2 heterocycles. The zero-order chi connectivity index (χ0) is 38.0. The zero-order valence-corrected chi connectivity index (χ0v) is 28.7. The molecule has 55 heavy (non-hydrogen) atoms. The summed E-state index contributed by atoms with van der Waals surface area (Å²) < 4.78 is 90.8. The van der Waals surface area contributed by atoms with Crippen LogP contribution < -0.4 is 4.90 Å². The molecule has 2 aromatic heterocycles. The molecule has 0 N–H and O–H groups in total. The number of hydrogen-bond acceptors (Lipinski definition) is 2. The van der Waals surface area contributed by atoms with Crippen LogP contribution in [0, 0.1) is 46.2 Å². The van der Waals surface area contributed by atoms with Crippen LogP contribution in [0.15, 0.2) is 133 Å². The Balaban J connectivity index is 1.22. The lowest BCUT2D eigenvalue weighted by atomic mass is 10.1. The van der Waals surface area contributed by atoms with Gasteiger partial charge in [-0.15, -0.1) is 0 Å². The van der Waals surface area contributed by atoms with E-state index >= 15 is 0 Å². The van der Waals surface area contributed by atoms with Gasteiger partial charge in [-0.25, -0.2) is 26.3 Å². The fourth-order valence-corrected chi connectivity index (χ4v) is 7.60. The van der Waals surface area contributed by atoms with E-state index in [0.717, 1.165) is 49.6 Å². The van der Waals surface area contributed by atoms with Crippen molar-refractivity contribution >= 4 is 60.7 Å². The number of anilines is 3. The maximum atomic E-state index is 14.9. The molecule has 10 heteroatoms. The van der Waals surface area contributed by atoms with Crippen molar-refractivity contribution in [2.45, 2.75) is 13.1 Å². The fourth-order valence-electron chi connectivity index (χ4n) is 7.60. The van der Waals surface area contributed by atoms with Crippen molar-refractivity contribution < 1.29 is 26.3 Å². The van der Waals surface area contributed by atoms with Gasteiger partial charge in [0.05, 0.1) is 24.7 Å². The van der Waals surface area contributed by atoms with Crippen LogP contribution in [0.5, 0.6) is 0 Å². The molecule has 0 bridgehead atoms. The zero-order valence-electron chi connectivity index (χ0n) is 28.7. The van der Waals surface area contributed by atoms with E-state index in [4.69, 9.17) is 0 Å². The number of halogens is 6. The highest BCUT2D eigenvalue weighted by Gasteiger charge is 2.22. The minimum atomic E-state index is -0.994. The van der Waals surface area contributed by atoms with Gasteiger partial charge in [0.2, 0.25) is 0 Å². The van der Waals surface area contributed by atoms with Gasteiger partial charge in [-0.2, -0.15) is 5.26 Å². The van der Waals surface area contributed by atoms with E-state index in [0.29, 0.717) is 40.9 Å². The van der Waals surface area contributed by atoms with Crippen molar-refractivity contribution in [2.75, 3.05) is 4.90 Å². The van der Waals surface area contributed by atoms with Crippen LogP contribution >= 0.6 is 0 Å². The van der Waals surface area contributed by atoms with Gasteiger partial charge >= 0.3 is 0 Å². The minimum absolute atomic E-state index is 0.174. The lowest BCUT2D eigenvalue weighted by Gasteiger charge is -2.26. The Kier molecular flexibility index (Phi) is 8.08. The molecule has 0 amide bonds. The first-order valence-corrected chi connectivity index (χ1v) is 17.3. The summed E-state index contributed by atoms with van der Waals surface area (Å²) in [5, 5.41) is 12.8. The van der Waals surface area contributed by atoms with E-state index in [2.05, 4.69) is 6.07 Å². The average Bonchev–Trinajstić information content (AvgIpc) is 3.66. The second-order valence-electron chi connectivity index (χ2n) is 13.3. The topological polar surface area (TPSA) is 36.9 Å². The quantitative estimate of drug-likeness (QED) is 0.153. The molecule has 0 radical (unpaired) electrons. The van der Waals surface area contributed by atoms with Crippen LogP contribution in [0.2, 0.25) is 0 Å². The van der Waals surface area contributed by atoms with Gasteiger partial charge in [0.25, 0.3) is 0 Å². The summed E-state index contributed by atoms with van der Waals surface area (Å²) in [6.45, 7) is -0.347. The molecular weight excluding hydrogens is 711 g/mol. The fraction of sp³-hybridized carbons (Fsp3) is 0.0444. The van der Waals surface area contributed by atoms with Gasteiger partial charge in [-0.3, -0.25) is 0 Å². The molecule has 0 aliphatic carbocycles. The molecule has 268 valence electrons. The second-order valence-corrected chi connectivity index (χ2v) is 13.3. The molecule has 9 aromatic rings. The van der Waals surface area contributed by atoms with Gasteiger partial charge in [-0.05, 0) is 72.8 Å². The first-order chi connectivity index (χ1) is 26.7. The lowest BCUT2D eigenvalue weighted by Crippen LogP contribution is -2.10. The van der Waals surface area contributed by atoms with Crippen LogP contribution in [-0.4, -0.2) is 9.13 Å². The Hall–Kier alpha value is -6.99. The van der Waals surface area contributed by atoms with Crippen molar-refractivity contribution in [3.05, 3.63) is 185 Å². The highest BCUT2D eigenvalue weighted by molar-refractivity contribution is 6.11. The highest BCUT2D eigenvalue weighted by Crippen LogP contribution is 2.42. The van der Waals surface area contributed by atoms with E-state index < -0.39 is 34.9 Å². The summed E-state index contributed by atoms with van der Waals surface area (Å²) >= 11 is 0. The van der Waals surface area contributed by atoms with Crippen LogP contribution in [-0.2, 0) is 13.1 Å². The maximum absolute atomic E-state index is 14.9. The number of nitrogens with zero attached hydrogens (tertiary/aromatic N) is 4. The summed E-state index contributed by atoms with van der Waals surface area (Å²) in [4.78, 5) is 2.01. The molecular formula is C45H26F6N4. The molecule has 4 nitrogen and oxygen atoms in total. The summed E-state index contributed by atoms with van der Waals surface area (Å²) in [5.74, 6) is -5.89. The Morgan fingerprint density at radius 1 is 0.436 bits per heavy atom. The van der Waals surface area contributed by atoms with E-state index in [-0.39, 0.29) is 24.2 Å². The molecule has 0 saturated carbocycles. The highest BCUT2D eigenvalue weighted by atomic mass is 19.2. The van der Waals surface area contributed by atoms with Crippen molar-refractivity contribution in [3.63, 3.8) is 0 Å². The Bertz CT molecular complexity index is 2810. The number of aromatic nitrogens is 2. The van der Waals surface area contributed by atoms with Gasteiger partial charge < -0.3 is 14.0 Å².